The largest absolute Gasteiger partial charge is 0.380 e. The Morgan fingerprint density at radius 1 is 0.643 bits per heavy atom. The highest BCUT2D eigenvalue weighted by atomic mass is 16.3. The van der Waals surface area contributed by atoms with Crippen LogP contribution in [0.2, 0.25) is 0 Å². The van der Waals surface area contributed by atoms with Crippen molar-refractivity contribution in [1.29, 1.82) is 0 Å². The van der Waals surface area contributed by atoms with Gasteiger partial charge in [0.15, 0.2) is 12.2 Å². The molecule has 0 bridgehead atoms. The van der Waals surface area contributed by atoms with Gasteiger partial charge in [-0.15, -0.1) is 0 Å². The SMILES string of the molecule is NCCCCCCC(N)NC(=O)C(O)C(O)C(=O)NC(N)CCCCCCN. The van der Waals surface area contributed by atoms with Crippen LogP contribution in [0.25, 0.3) is 0 Å². The molecular weight excluding hydrogens is 364 g/mol. The van der Waals surface area contributed by atoms with Crippen LogP contribution in [0.3, 0.4) is 0 Å². The van der Waals surface area contributed by atoms with Gasteiger partial charge in [-0.1, -0.05) is 38.5 Å². The quantitative estimate of drug-likeness (QED) is 0.104. The first-order valence-corrected chi connectivity index (χ1v) is 10.2. The van der Waals surface area contributed by atoms with Crippen LogP contribution in [0.4, 0.5) is 0 Å². The first-order valence-electron chi connectivity index (χ1n) is 10.2. The molecule has 28 heavy (non-hydrogen) atoms. The summed E-state index contributed by atoms with van der Waals surface area (Å²) in [6, 6.07) is 0. The number of rotatable bonds is 17. The van der Waals surface area contributed by atoms with E-state index in [-0.39, 0.29) is 0 Å². The van der Waals surface area contributed by atoms with Crippen molar-refractivity contribution in [2.75, 3.05) is 13.1 Å². The van der Waals surface area contributed by atoms with Crippen molar-refractivity contribution in [2.45, 2.75) is 88.7 Å². The molecule has 2 amide bonds. The third kappa shape index (κ3) is 13.0. The van der Waals surface area contributed by atoms with Crippen molar-refractivity contribution in [3.8, 4) is 0 Å². The molecule has 4 unspecified atom stereocenters. The van der Waals surface area contributed by atoms with Crippen molar-refractivity contribution >= 4 is 11.8 Å². The van der Waals surface area contributed by atoms with Crippen LogP contribution in [0.1, 0.15) is 64.2 Å². The number of carbonyl (C=O) groups is 2. The number of carbonyl (C=O) groups excluding carboxylic acids is 2. The molecule has 0 fully saturated rings. The van der Waals surface area contributed by atoms with E-state index in [1.807, 2.05) is 0 Å². The van der Waals surface area contributed by atoms with Crippen LogP contribution in [0.5, 0.6) is 0 Å². The Hall–Kier alpha value is -1.30. The zero-order valence-corrected chi connectivity index (χ0v) is 16.8. The smallest absolute Gasteiger partial charge is 0.253 e. The second kappa shape index (κ2) is 16.6. The summed E-state index contributed by atoms with van der Waals surface area (Å²) in [5, 5.41) is 24.6. The second-order valence-corrected chi connectivity index (χ2v) is 7.10. The lowest BCUT2D eigenvalue weighted by atomic mass is 10.1. The van der Waals surface area contributed by atoms with E-state index >= 15 is 0 Å². The lowest BCUT2D eigenvalue weighted by Gasteiger charge is -2.21. The lowest BCUT2D eigenvalue weighted by molar-refractivity contribution is -0.146. The fourth-order valence-electron chi connectivity index (χ4n) is 2.69. The van der Waals surface area contributed by atoms with E-state index in [0.717, 1.165) is 51.4 Å². The van der Waals surface area contributed by atoms with Crippen molar-refractivity contribution in [2.24, 2.45) is 22.9 Å². The molecule has 0 aromatic carbocycles. The molecule has 0 spiro atoms. The maximum Gasteiger partial charge on any atom is 0.253 e. The molecule has 0 aromatic heterocycles. The summed E-state index contributed by atoms with van der Waals surface area (Å²) >= 11 is 0. The van der Waals surface area contributed by atoms with Gasteiger partial charge >= 0.3 is 0 Å². The molecule has 0 radical (unpaired) electrons. The number of nitrogens with one attached hydrogen (secondary N) is 2. The van der Waals surface area contributed by atoms with Crippen molar-refractivity contribution in [1.82, 2.24) is 10.6 Å². The van der Waals surface area contributed by atoms with Crippen LogP contribution >= 0.6 is 0 Å². The fraction of sp³-hybridized carbons (Fsp3) is 0.889. The topological polar surface area (TPSA) is 203 Å². The molecule has 0 aromatic rings. The average molecular weight is 405 g/mol. The summed E-state index contributed by atoms with van der Waals surface area (Å²) in [5.74, 6) is -1.79. The minimum atomic E-state index is -1.92. The minimum absolute atomic E-state index is 0.528. The molecule has 10 heteroatoms. The number of amides is 2. The standard InChI is InChI=1S/C18H40N6O4/c19-11-7-3-1-5-9-13(21)23-17(27)15(25)16(26)18(28)24-14(22)10-6-2-4-8-12-20/h13-16,25-26H,1-12,19-22H2,(H,23,27)(H,24,28). The highest BCUT2D eigenvalue weighted by Crippen LogP contribution is 2.05. The van der Waals surface area contributed by atoms with E-state index in [2.05, 4.69) is 10.6 Å². The number of aliphatic hydroxyl groups is 2. The van der Waals surface area contributed by atoms with Crippen molar-refractivity contribution < 1.29 is 19.8 Å². The molecule has 0 saturated carbocycles. The Labute approximate surface area is 167 Å². The summed E-state index contributed by atoms with van der Waals surface area (Å²) in [6.45, 7) is 1.29. The molecule has 12 N–H and O–H groups in total. The third-order valence-corrected chi connectivity index (χ3v) is 4.43. The van der Waals surface area contributed by atoms with Gasteiger partial charge in [0, 0.05) is 0 Å². The van der Waals surface area contributed by atoms with Gasteiger partial charge in [0.1, 0.15) is 0 Å². The predicted molar refractivity (Wildman–Crippen MR) is 109 cm³/mol. The van der Waals surface area contributed by atoms with Crippen molar-refractivity contribution in [3.63, 3.8) is 0 Å². The zero-order chi connectivity index (χ0) is 21.4. The Bertz CT molecular complexity index is 389. The Morgan fingerprint density at radius 2 is 0.964 bits per heavy atom. The number of hydrogen-bond acceptors (Lipinski definition) is 8. The van der Waals surface area contributed by atoms with Crippen LogP contribution in [-0.2, 0) is 9.59 Å². The highest BCUT2D eigenvalue weighted by Gasteiger charge is 2.31. The Kier molecular flexibility index (Phi) is 15.9. The molecule has 0 aliphatic carbocycles. The van der Waals surface area contributed by atoms with E-state index in [9.17, 15) is 19.8 Å². The number of hydrogen-bond donors (Lipinski definition) is 8. The maximum atomic E-state index is 12.0. The van der Waals surface area contributed by atoms with Crippen LogP contribution in [0.15, 0.2) is 0 Å². The maximum absolute atomic E-state index is 12.0. The molecule has 0 saturated heterocycles. The van der Waals surface area contributed by atoms with Crippen LogP contribution in [-0.4, -0.2) is 59.7 Å². The van der Waals surface area contributed by atoms with E-state index in [0.29, 0.717) is 25.9 Å². The predicted octanol–water partition coefficient (Wildman–Crippen LogP) is -1.67. The van der Waals surface area contributed by atoms with Gasteiger partial charge < -0.3 is 43.8 Å². The van der Waals surface area contributed by atoms with Crippen LogP contribution < -0.4 is 33.6 Å². The summed E-state index contributed by atoms with van der Waals surface area (Å²) < 4.78 is 0. The van der Waals surface area contributed by atoms with Gasteiger partial charge in [0.25, 0.3) is 11.8 Å². The molecule has 166 valence electrons. The van der Waals surface area contributed by atoms with E-state index in [1.54, 1.807) is 0 Å². The van der Waals surface area contributed by atoms with Gasteiger partial charge in [-0.05, 0) is 38.8 Å². The first-order chi connectivity index (χ1) is 13.3. The highest BCUT2D eigenvalue weighted by molar-refractivity contribution is 5.90. The summed E-state index contributed by atoms with van der Waals surface area (Å²) in [6.07, 6.45) is 3.27. The van der Waals surface area contributed by atoms with E-state index in [4.69, 9.17) is 22.9 Å². The lowest BCUT2D eigenvalue weighted by Crippen LogP contribution is -2.55. The molecule has 10 nitrogen and oxygen atoms in total. The monoisotopic (exact) mass is 404 g/mol. The summed E-state index contributed by atoms with van der Waals surface area (Å²) in [5.41, 5.74) is 22.4. The average Bonchev–Trinajstić information content (AvgIpc) is 2.66. The van der Waals surface area contributed by atoms with Gasteiger partial charge in [0.2, 0.25) is 0 Å². The molecule has 0 rings (SSSR count). The molecule has 4 atom stereocenters. The van der Waals surface area contributed by atoms with E-state index < -0.39 is 36.4 Å². The third-order valence-electron chi connectivity index (χ3n) is 4.43. The second-order valence-electron chi connectivity index (χ2n) is 7.10. The Balaban J connectivity index is 4.12. The van der Waals surface area contributed by atoms with Crippen molar-refractivity contribution in [3.05, 3.63) is 0 Å². The molecule has 0 aliphatic heterocycles. The Morgan fingerprint density at radius 3 is 1.29 bits per heavy atom. The van der Waals surface area contributed by atoms with Crippen LogP contribution in [0, 0.1) is 0 Å². The van der Waals surface area contributed by atoms with Gasteiger partial charge in [0.05, 0.1) is 12.3 Å². The van der Waals surface area contributed by atoms with Gasteiger partial charge in [-0.3, -0.25) is 9.59 Å². The van der Waals surface area contributed by atoms with Gasteiger partial charge in [-0.25, -0.2) is 0 Å². The first kappa shape index (κ1) is 26.7. The number of aliphatic hydroxyl groups excluding tert-OH is 2. The fourth-order valence-corrected chi connectivity index (χ4v) is 2.69. The minimum Gasteiger partial charge on any atom is -0.380 e. The molecule has 0 aliphatic rings. The zero-order valence-electron chi connectivity index (χ0n) is 16.8. The normalized spacial score (nSPS) is 15.5. The number of nitrogens with two attached hydrogens (primary N) is 4. The summed E-state index contributed by atoms with van der Waals surface area (Å²) in [4.78, 5) is 23.9. The summed E-state index contributed by atoms with van der Waals surface area (Å²) in [7, 11) is 0. The van der Waals surface area contributed by atoms with E-state index in [1.165, 1.54) is 0 Å². The molecule has 0 heterocycles. The van der Waals surface area contributed by atoms with Gasteiger partial charge in [-0.2, -0.15) is 0 Å². The number of unbranched alkanes of at least 4 members (excludes halogenated alkanes) is 6. The molecular formula is C18H40N6O4.